The van der Waals surface area contributed by atoms with Crippen LogP contribution in [0, 0.1) is 5.82 Å². The van der Waals surface area contributed by atoms with Gasteiger partial charge in [-0.3, -0.25) is 14.5 Å². The Hall–Kier alpha value is -3.17. The van der Waals surface area contributed by atoms with Crippen molar-refractivity contribution in [3.8, 4) is 11.3 Å². The first-order valence-electron chi connectivity index (χ1n) is 10.7. The van der Waals surface area contributed by atoms with Crippen molar-refractivity contribution in [2.24, 2.45) is 0 Å². The van der Waals surface area contributed by atoms with Gasteiger partial charge in [0.25, 0.3) is 0 Å². The van der Waals surface area contributed by atoms with Crippen LogP contribution in [0.25, 0.3) is 11.3 Å². The minimum Gasteiger partial charge on any atom is -0.394 e. The highest BCUT2D eigenvalue weighted by Gasteiger charge is 2.31. The maximum atomic E-state index is 13.9. The number of carbonyl (C=O) groups is 1. The molecule has 2 aromatic heterocycles. The molecule has 3 aromatic rings. The number of halogens is 1. The van der Waals surface area contributed by atoms with E-state index in [1.54, 1.807) is 47.5 Å². The van der Waals surface area contributed by atoms with E-state index in [0.717, 1.165) is 12.0 Å². The molecule has 32 heavy (non-hydrogen) atoms. The molecule has 1 aliphatic heterocycles. The van der Waals surface area contributed by atoms with Crippen LogP contribution in [0.2, 0.25) is 0 Å². The zero-order valence-corrected chi connectivity index (χ0v) is 17.6. The number of aryl methyl sites for hydroxylation is 1. The molecule has 1 aliphatic rings. The molecule has 0 spiro atoms. The average Bonchev–Trinajstić information content (AvgIpc) is 3.28. The van der Waals surface area contributed by atoms with E-state index in [-0.39, 0.29) is 36.9 Å². The Morgan fingerprint density at radius 1 is 1.25 bits per heavy atom. The number of aromatic nitrogens is 4. The fourth-order valence-corrected chi connectivity index (χ4v) is 3.93. The molecule has 1 fully saturated rings. The monoisotopic (exact) mass is 439 g/mol. The summed E-state index contributed by atoms with van der Waals surface area (Å²) < 4.78 is 21.6. The summed E-state index contributed by atoms with van der Waals surface area (Å²) in [5.74, 6) is -0.454. The second-order valence-corrected chi connectivity index (χ2v) is 7.90. The first kappa shape index (κ1) is 22.0. The minimum absolute atomic E-state index is 0.0697. The Bertz CT molecular complexity index is 1030. The van der Waals surface area contributed by atoms with Crippen LogP contribution in [0.5, 0.6) is 0 Å². The highest BCUT2D eigenvalue weighted by atomic mass is 19.1. The van der Waals surface area contributed by atoms with E-state index in [0.29, 0.717) is 30.6 Å². The summed E-state index contributed by atoms with van der Waals surface area (Å²) in [6.45, 7) is 0.386. The van der Waals surface area contributed by atoms with E-state index < -0.39 is 6.10 Å². The number of hydrogen-bond acceptors (Lipinski definition) is 6. The van der Waals surface area contributed by atoms with Crippen LogP contribution in [-0.4, -0.2) is 55.8 Å². The lowest BCUT2D eigenvalue weighted by Crippen LogP contribution is -2.51. The number of hydrogen-bond donors (Lipinski definition) is 2. The molecule has 0 saturated carbocycles. The highest BCUT2D eigenvalue weighted by Crippen LogP contribution is 2.23. The SMILES string of the molecule is O=C(Cc1cccnc1)N[C@H]1CC[C@H](CCn2cc(-c3ccccc3F)nn2)O[C@@H]1CO. The summed E-state index contributed by atoms with van der Waals surface area (Å²) in [5, 5.41) is 20.9. The number of benzene rings is 1. The van der Waals surface area contributed by atoms with Gasteiger partial charge in [-0.05, 0) is 43.0 Å². The number of pyridine rings is 1. The number of nitrogens with zero attached hydrogens (tertiary/aromatic N) is 4. The molecule has 1 saturated heterocycles. The molecule has 1 amide bonds. The number of ether oxygens (including phenoxy) is 1. The van der Waals surface area contributed by atoms with Gasteiger partial charge in [0.15, 0.2) is 0 Å². The van der Waals surface area contributed by atoms with Gasteiger partial charge in [0.2, 0.25) is 5.91 Å². The number of rotatable bonds is 8. The molecular formula is C23H26FN5O3. The lowest BCUT2D eigenvalue weighted by atomic mass is 9.97. The second kappa shape index (κ2) is 10.4. The normalized spacial score (nSPS) is 20.8. The summed E-state index contributed by atoms with van der Waals surface area (Å²) in [5.41, 5.74) is 1.73. The Labute approximate surface area is 185 Å². The quantitative estimate of drug-likeness (QED) is 0.558. The third-order valence-electron chi connectivity index (χ3n) is 5.60. The van der Waals surface area contributed by atoms with Crippen molar-refractivity contribution in [2.45, 2.75) is 50.5 Å². The average molecular weight is 439 g/mol. The second-order valence-electron chi connectivity index (χ2n) is 7.90. The van der Waals surface area contributed by atoms with Crippen molar-refractivity contribution in [3.63, 3.8) is 0 Å². The van der Waals surface area contributed by atoms with Crippen LogP contribution < -0.4 is 5.32 Å². The van der Waals surface area contributed by atoms with Crippen molar-refractivity contribution in [3.05, 3.63) is 66.4 Å². The zero-order valence-electron chi connectivity index (χ0n) is 17.6. The van der Waals surface area contributed by atoms with Gasteiger partial charge >= 0.3 is 0 Å². The minimum atomic E-state index is -0.462. The highest BCUT2D eigenvalue weighted by molar-refractivity contribution is 5.78. The Morgan fingerprint density at radius 2 is 2.12 bits per heavy atom. The molecule has 1 aromatic carbocycles. The number of carbonyl (C=O) groups excluding carboxylic acids is 1. The summed E-state index contributed by atoms with van der Waals surface area (Å²) in [6.07, 6.45) is 6.89. The topological polar surface area (TPSA) is 102 Å². The fourth-order valence-electron chi connectivity index (χ4n) is 3.93. The molecular weight excluding hydrogens is 413 g/mol. The Balaban J connectivity index is 1.27. The van der Waals surface area contributed by atoms with E-state index in [9.17, 15) is 14.3 Å². The first-order valence-corrected chi connectivity index (χ1v) is 10.7. The van der Waals surface area contributed by atoms with Gasteiger partial charge in [-0.25, -0.2) is 4.39 Å². The first-order chi connectivity index (χ1) is 15.6. The van der Waals surface area contributed by atoms with E-state index in [2.05, 4.69) is 20.6 Å². The van der Waals surface area contributed by atoms with Gasteiger partial charge < -0.3 is 15.2 Å². The molecule has 0 unspecified atom stereocenters. The predicted molar refractivity (Wildman–Crippen MR) is 115 cm³/mol. The van der Waals surface area contributed by atoms with Gasteiger partial charge in [0.1, 0.15) is 17.6 Å². The fraction of sp³-hybridized carbons (Fsp3) is 0.391. The maximum absolute atomic E-state index is 13.9. The van der Waals surface area contributed by atoms with E-state index in [1.807, 2.05) is 6.07 Å². The van der Waals surface area contributed by atoms with Crippen LogP contribution in [0.3, 0.4) is 0 Å². The smallest absolute Gasteiger partial charge is 0.224 e. The van der Waals surface area contributed by atoms with Crippen molar-refractivity contribution < 1.29 is 19.0 Å². The van der Waals surface area contributed by atoms with Gasteiger partial charge in [-0.2, -0.15) is 0 Å². The lowest BCUT2D eigenvalue weighted by molar-refractivity contribution is -0.128. The van der Waals surface area contributed by atoms with Gasteiger partial charge in [-0.1, -0.05) is 23.4 Å². The summed E-state index contributed by atoms with van der Waals surface area (Å²) in [6, 6.07) is 9.87. The number of amides is 1. The standard InChI is InChI=1S/C23H26FN5O3/c24-19-6-2-1-5-18(19)21-14-29(28-27-21)11-9-17-7-8-20(22(15-30)32-17)26-23(31)12-16-4-3-10-25-13-16/h1-6,10,13-14,17,20,22,30H,7-9,11-12,15H2,(H,26,31)/t17-,20+,22-/m1/s1. The number of aliphatic hydroxyl groups is 1. The van der Waals surface area contributed by atoms with E-state index >= 15 is 0 Å². The van der Waals surface area contributed by atoms with Crippen molar-refractivity contribution in [1.82, 2.24) is 25.3 Å². The number of nitrogens with one attached hydrogen (secondary N) is 1. The summed E-state index contributed by atoms with van der Waals surface area (Å²) in [4.78, 5) is 16.4. The predicted octanol–water partition coefficient (Wildman–Crippen LogP) is 2.14. The van der Waals surface area contributed by atoms with E-state index in [1.165, 1.54) is 6.07 Å². The van der Waals surface area contributed by atoms with Crippen LogP contribution >= 0.6 is 0 Å². The molecule has 3 heterocycles. The Morgan fingerprint density at radius 3 is 2.91 bits per heavy atom. The van der Waals surface area contributed by atoms with Gasteiger partial charge in [-0.15, -0.1) is 5.10 Å². The van der Waals surface area contributed by atoms with Crippen molar-refractivity contribution in [2.75, 3.05) is 6.61 Å². The molecule has 3 atom stereocenters. The van der Waals surface area contributed by atoms with Crippen molar-refractivity contribution >= 4 is 5.91 Å². The molecule has 0 bridgehead atoms. The molecule has 168 valence electrons. The van der Waals surface area contributed by atoms with E-state index in [4.69, 9.17) is 4.74 Å². The zero-order chi connectivity index (χ0) is 22.3. The third-order valence-corrected chi connectivity index (χ3v) is 5.60. The van der Waals surface area contributed by atoms with Gasteiger partial charge in [0, 0.05) is 24.5 Å². The Kier molecular flexibility index (Phi) is 7.18. The summed E-state index contributed by atoms with van der Waals surface area (Å²) in [7, 11) is 0. The molecule has 8 nitrogen and oxygen atoms in total. The lowest BCUT2D eigenvalue weighted by Gasteiger charge is -2.36. The molecule has 2 N–H and O–H groups in total. The van der Waals surface area contributed by atoms with Crippen LogP contribution in [0.15, 0.2) is 55.0 Å². The van der Waals surface area contributed by atoms with Crippen molar-refractivity contribution in [1.29, 1.82) is 0 Å². The molecule has 0 aliphatic carbocycles. The van der Waals surface area contributed by atoms with Crippen LogP contribution in [0.1, 0.15) is 24.8 Å². The van der Waals surface area contributed by atoms with Gasteiger partial charge in [0.05, 0.1) is 31.4 Å². The maximum Gasteiger partial charge on any atom is 0.224 e. The largest absolute Gasteiger partial charge is 0.394 e. The van der Waals surface area contributed by atoms with Crippen LogP contribution in [0.4, 0.5) is 4.39 Å². The van der Waals surface area contributed by atoms with Crippen LogP contribution in [-0.2, 0) is 22.5 Å². The summed E-state index contributed by atoms with van der Waals surface area (Å²) >= 11 is 0. The third kappa shape index (κ3) is 5.54. The molecule has 4 rings (SSSR count). The molecule has 0 radical (unpaired) electrons. The number of aliphatic hydroxyl groups excluding tert-OH is 1. The molecule has 9 heteroatoms.